The summed E-state index contributed by atoms with van der Waals surface area (Å²) in [5, 5.41) is 8.92. The highest BCUT2D eigenvalue weighted by Crippen LogP contribution is 2.61. The summed E-state index contributed by atoms with van der Waals surface area (Å²) in [4.78, 5) is 10.9. The highest BCUT2D eigenvalue weighted by molar-refractivity contribution is 5.81. The first-order chi connectivity index (χ1) is 12.6. The molecule has 3 heteroatoms. The Morgan fingerprint density at radius 1 is 1.19 bits per heavy atom. The number of rotatable bonds is 8. The Morgan fingerprint density at radius 2 is 1.74 bits per heavy atom. The number of carboxylic acid groups (broad SMARTS) is 1. The van der Waals surface area contributed by atoms with Gasteiger partial charge >= 0.3 is 5.97 Å². The zero-order valence-electron chi connectivity index (χ0n) is 17.7. The lowest BCUT2D eigenvalue weighted by atomic mass is 9.86. The Bertz CT molecular complexity index is 716. The molecule has 1 aliphatic rings. The number of methoxy groups -OCH3 is 1. The first-order valence-electron chi connectivity index (χ1n) is 9.85. The molecule has 0 heterocycles. The van der Waals surface area contributed by atoms with Gasteiger partial charge in [0.2, 0.25) is 0 Å². The maximum Gasteiger partial charge on any atom is 0.328 e. The van der Waals surface area contributed by atoms with Crippen molar-refractivity contribution in [3.8, 4) is 0 Å². The average molecular weight is 371 g/mol. The molecule has 1 aromatic rings. The van der Waals surface area contributed by atoms with Crippen LogP contribution in [0.2, 0.25) is 0 Å². The Balaban J connectivity index is 2.42. The largest absolute Gasteiger partial charge is 0.478 e. The molecule has 1 aliphatic carbocycles. The highest BCUT2D eigenvalue weighted by Gasteiger charge is 2.60. The van der Waals surface area contributed by atoms with E-state index in [0.717, 1.165) is 5.57 Å². The van der Waals surface area contributed by atoms with Crippen LogP contribution in [0.1, 0.15) is 70.1 Å². The van der Waals surface area contributed by atoms with Gasteiger partial charge < -0.3 is 9.84 Å². The van der Waals surface area contributed by atoms with Crippen molar-refractivity contribution >= 4 is 5.97 Å². The molecule has 0 bridgehead atoms. The lowest BCUT2D eigenvalue weighted by Crippen LogP contribution is -2.10. The molecule has 1 aromatic carbocycles. The monoisotopic (exact) mass is 370 g/mol. The van der Waals surface area contributed by atoms with E-state index in [4.69, 9.17) is 9.84 Å². The number of ether oxygens (including phenoxy) is 1. The van der Waals surface area contributed by atoms with Crippen LogP contribution in [0.25, 0.3) is 0 Å². The summed E-state index contributed by atoms with van der Waals surface area (Å²) < 4.78 is 5.50. The summed E-state index contributed by atoms with van der Waals surface area (Å²) in [5.41, 5.74) is 4.90. The van der Waals surface area contributed by atoms with Crippen LogP contribution in [-0.2, 0) is 14.9 Å². The first kappa shape index (κ1) is 21.4. The van der Waals surface area contributed by atoms with Gasteiger partial charge in [0.25, 0.3) is 0 Å². The van der Waals surface area contributed by atoms with Crippen molar-refractivity contribution in [1.82, 2.24) is 0 Å². The molecular weight excluding hydrogens is 336 g/mol. The smallest absolute Gasteiger partial charge is 0.328 e. The summed E-state index contributed by atoms with van der Waals surface area (Å²) >= 11 is 0. The van der Waals surface area contributed by atoms with Gasteiger partial charge in [-0.3, -0.25) is 0 Å². The van der Waals surface area contributed by atoms with Crippen molar-refractivity contribution < 1.29 is 14.6 Å². The van der Waals surface area contributed by atoms with Gasteiger partial charge in [0.15, 0.2) is 0 Å². The van der Waals surface area contributed by atoms with E-state index in [0.29, 0.717) is 30.3 Å². The molecule has 0 radical (unpaired) electrons. The van der Waals surface area contributed by atoms with Gasteiger partial charge in [-0.25, -0.2) is 4.79 Å². The highest BCUT2D eigenvalue weighted by atomic mass is 16.5. The molecule has 0 spiro atoms. The predicted octanol–water partition coefficient (Wildman–Crippen LogP) is 5.67. The van der Waals surface area contributed by atoms with Gasteiger partial charge in [0, 0.05) is 18.6 Å². The fourth-order valence-corrected chi connectivity index (χ4v) is 3.99. The fourth-order valence-electron chi connectivity index (χ4n) is 3.99. The average Bonchev–Trinajstić information content (AvgIpc) is 3.16. The molecular formula is C24H34O3. The van der Waals surface area contributed by atoms with Gasteiger partial charge in [-0.1, -0.05) is 65.0 Å². The summed E-state index contributed by atoms with van der Waals surface area (Å²) in [7, 11) is 1.75. The molecule has 1 saturated carbocycles. The Kier molecular flexibility index (Phi) is 6.69. The maximum absolute atomic E-state index is 10.9. The number of hydrogen-bond donors (Lipinski definition) is 1. The normalized spacial score (nSPS) is 25.6. The van der Waals surface area contributed by atoms with Crippen LogP contribution in [0.15, 0.2) is 42.0 Å². The van der Waals surface area contributed by atoms with Gasteiger partial charge in [0.05, 0.1) is 6.61 Å². The lowest BCUT2D eigenvalue weighted by Gasteiger charge is -2.19. The van der Waals surface area contributed by atoms with Crippen molar-refractivity contribution in [2.24, 2.45) is 11.8 Å². The summed E-state index contributed by atoms with van der Waals surface area (Å²) in [5.74, 6) is 0.812. The second kappa shape index (κ2) is 8.43. The SMILES string of the molecule is COC[C@H]1[C@H](C=CC(C)=CC(=O)O)[C@@]1(C)c1cc(C(C)C)cc(C(C)C)c1. The minimum atomic E-state index is -0.907. The minimum Gasteiger partial charge on any atom is -0.478 e. The van der Waals surface area contributed by atoms with Crippen LogP contribution < -0.4 is 0 Å². The zero-order chi connectivity index (χ0) is 20.4. The van der Waals surface area contributed by atoms with E-state index in [9.17, 15) is 4.79 Å². The third kappa shape index (κ3) is 4.70. The molecule has 3 nitrogen and oxygen atoms in total. The van der Waals surface area contributed by atoms with Crippen LogP contribution >= 0.6 is 0 Å². The van der Waals surface area contributed by atoms with Crippen molar-refractivity contribution in [3.05, 3.63) is 58.7 Å². The van der Waals surface area contributed by atoms with Crippen LogP contribution in [0.3, 0.4) is 0 Å². The molecule has 0 aromatic heterocycles. The predicted molar refractivity (Wildman–Crippen MR) is 111 cm³/mol. The van der Waals surface area contributed by atoms with Gasteiger partial charge in [-0.2, -0.15) is 0 Å². The molecule has 0 unspecified atom stereocenters. The quantitative estimate of drug-likeness (QED) is 0.474. The van der Waals surface area contributed by atoms with Crippen LogP contribution in [0, 0.1) is 11.8 Å². The second-order valence-corrected chi connectivity index (χ2v) is 8.65. The molecule has 0 aliphatic heterocycles. The standard InChI is InChI=1S/C24H34O3/c1-15(2)18-11-19(16(3)4)13-20(12-18)24(6)21(22(24)14-27-7)9-8-17(5)10-23(25)26/h8-13,15-16,21-22H,14H2,1-7H3,(H,25,26)/t21-,22-,24+/m0/s1. The molecule has 0 amide bonds. The van der Waals surface area contributed by atoms with Gasteiger partial charge in [-0.05, 0) is 52.9 Å². The lowest BCUT2D eigenvalue weighted by molar-refractivity contribution is -0.131. The third-order valence-corrected chi connectivity index (χ3v) is 5.98. The molecule has 1 N–H and O–H groups in total. The van der Waals surface area contributed by atoms with E-state index in [-0.39, 0.29) is 5.41 Å². The first-order valence-corrected chi connectivity index (χ1v) is 9.85. The summed E-state index contributed by atoms with van der Waals surface area (Å²) in [6, 6.07) is 7.04. The van der Waals surface area contributed by atoms with Crippen molar-refractivity contribution in [2.45, 2.75) is 58.8 Å². The minimum absolute atomic E-state index is 0.0184. The van der Waals surface area contributed by atoms with Crippen molar-refractivity contribution in [3.63, 3.8) is 0 Å². The third-order valence-electron chi connectivity index (χ3n) is 5.98. The number of benzene rings is 1. The number of carbonyl (C=O) groups is 1. The number of hydrogen-bond acceptors (Lipinski definition) is 2. The van der Waals surface area contributed by atoms with E-state index in [1.807, 2.05) is 13.0 Å². The van der Waals surface area contributed by atoms with E-state index in [2.05, 4.69) is 58.9 Å². The van der Waals surface area contributed by atoms with Crippen molar-refractivity contribution in [1.29, 1.82) is 0 Å². The number of aliphatic carboxylic acids is 1. The Hall–Kier alpha value is -1.87. The van der Waals surface area contributed by atoms with Gasteiger partial charge in [0.1, 0.15) is 0 Å². The molecule has 3 atom stereocenters. The number of allylic oxidation sites excluding steroid dienone is 3. The zero-order valence-corrected chi connectivity index (χ0v) is 17.7. The Morgan fingerprint density at radius 3 is 2.19 bits per heavy atom. The van der Waals surface area contributed by atoms with E-state index >= 15 is 0 Å². The molecule has 27 heavy (non-hydrogen) atoms. The van der Waals surface area contributed by atoms with Gasteiger partial charge in [-0.15, -0.1) is 0 Å². The number of carboxylic acids is 1. The molecule has 0 saturated heterocycles. The summed E-state index contributed by atoms with van der Waals surface area (Å²) in [6.45, 7) is 13.8. The molecule has 2 rings (SSSR count). The maximum atomic E-state index is 10.9. The topological polar surface area (TPSA) is 46.5 Å². The molecule has 1 fully saturated rings. The second-order valence-electron chi connectivity index (χ2n) is 8.65. The van der Waals surface area contributed by atoms with Crippen LogP contribution in [0.5, 0.6) is 0 Å². The van der Waals surface area contributed by atoms with Crippen LogP contribution in [0.4, 0.5) is 0 Å². The van der Waals surface area contributed by atoms with Crippen molar-refractivity contribution in [2.75, 3.05) is 13.7 Å². The van der Waals surface area contributed by atoms with E-state index < -0.39 is 5.97 Å². The summed E-state index contributed by atoms with van der Waals surface area (Å²) in [6.07, 6.45) is 5.34. The molecule has 148 valence electrons. The van der Waals surface area contributed by atoms with Crippen LogP contribution in [-0.4, -0.2) is 24.8 Å². The van der Waals surface area contributed by atoms with E-state index in [1.165, 1.54) is 22.8 Å². The Labute approximate surface area is 164 Å². The fraction of sp³-hybridized carbons (Fsp3) is 0.542. The van der Waals surface area contributed by atoms with E-state index in [1.54, 1.807) is 7.11 Å².